The number of aromatic nitrogens is 1. The number of carbonyl (C=O) groups excluding carboxylic acids is 1. The molecule has 1 aromatic heterocycles. The Morgan fingerprint density at radius 1 is 1.24 bits per heavy atom. The number of hydrogen-bond acceptors (Lipinski definition) is 5. The molecule has 29 heavy (non-hydrogen) atoms. The summed E-state index contributed by atoms with van der Waals surface area (Å²) in [5.74, 6) is 0.282. The van der Waals surface area contributed by atoms with Crippen molar-refractivity contribution in [1.82, 2.24) is 9.88 Å². The second kappa shape index (κ2) is 8.31. The SMILES string of the molecule is O=C(/C=C/c1ccc(Cl)c([N+](=O)[O-])c1)N1CCC(c2nc3ccccc3s2)CC1. The van der Waals surface area contributed by atoms with Crippen LogP contribution < -0.4 is 0 Å². The maximum absolute atomic E-state index is 12.5. The third kappa shape index (κ3) is 4.31. The molecule has 148 valence electrons. The van der Waals surface area contributed by atoms with Gasteiger partial charge in [-0.15, -0.1) is 11.3 Å². The summed E-state index contributed by atoms with van der Waals surface area (Å²) in [6.45, 7) is 1.34. The standard InChI is InChI=1S/C21H18ClN3O3S/c22-16-7-5-14(13-18(16)25(27)28)6-8-20(26)24-11-9-15(10-12-24)21-23-17-3-1-2-4-19(17)29-21/h1-8,13,15H,9-12H2/b8-6+. The number of carbonyl (C=O) groups is 1. The van der Waals surface area contributed by atoms with E-state index < -0.39 is 4.92 Å². The summed E-state index contributed by atoms with van der Waals surface area (Å²) in [6, 6.07) is 12.6. The van der Waals surface area contributed by atoms with E-state index in [1.165, 1.54) is 22.9 Å². The Labute approximate surface area is 176 Å². The lowest BCUT2D eigenvalue weighted by molar-refractivity contribution is -0.384. The monoisotopic (exact) mass is 427 g/mol. The molecule has 6 nitrogen and oxygen atoms in total. The fourth-order valence-electron chi connectivity index (χ4n) is 3.46. The van der Waals surface area contributed by atoms with Gasteiger partial charge in [0, 0.05) is 31.1 Å². The zero-order valence-electron chi connectivity index (χ0n) is 15.5. The highest BCUT2D eigenvalue weighted by molar-refractivity contribution is 7.18. The maximum atomic E-state index is 12.5. The van der Waals surface area contributed by atoms with E-state index in [2.05, 4.69) is 6.07 Å². The molecule has 1 aliphatic heterocycles. The lowest BCUT2D eigenvalue weighted by Gasteiger charge is -2.30. The molecule has 0 N–H and O–H groups in total. The molecular formula is C21H18ClN3O3S. The average Bonchev–Trinajstić information content (AvgIpc) is 3.17. The molecule has 1 saturated heterocycles. The molecule has 0 aliphatic carbocycles. The van der Waals surface area contributed by atoms with E-state index in [9.17, 15) is 14.9 Å². The first-order valence-electron chi connectivity index (χ1n) is 9.27. The number of likely N-dealkylation sites (tertiary alicyclic amines) is 1. The molecule has 0 saturated carbocycles. The zero-order chi connectivity index (χ0) is 20.4. The molecule has 1 aliphatic rings. The van der Waals surface area contributed by atoms with Crippen LogP contribution in [0, 0.1) is 10.1 Å². The molecule has 1 fully saturated rings. The van der Waals surface area contributed by atoms with Crippen molar-refractivity contribution in [2.45, 2.75) is 18.8 Å². The number of thiazole rings is 1. The van der Waals surface area contributed by atoms with E-state index in [0.717, 1.165) is 23.4 Å². The molecule has 4 rings (SSSR count). The van der Waals surface area contributed by atoms with Gasteiger partial charge in [0.15, 0.2) is 0 Å². The summed E-state index contributed by atoms with van der Waals surface area (Å²) in [7, 11) is 0. The first kappa shape index (κ1) is 19.5. The molecule has 3 aromatic rings. The molecule has 2 aromatic carbocycles. The van der Waals surface area contributed by atoms with Crippen LogP contribution in [0.1, 0.15) is 29.3 Å². The third-order valence-corrected chi connectivity index (χ3v) is 6.57. The van der Waals surface area contributed by atoms with Gasteiger partial charge in [-0.05, 0) is 42.7 Å². The first-order chi connectivity index (χ1) is 14.0. The number of nitrogens with zero attached hydrogens (tertiary/aromatic N) is 3. The minimum Gasteiger partial charge on any atom is -0.339 e. The van der Waals surface area contributed by atoms with Crippen molar-refractivity contribution >= 4 is 50.8 Å². The predicted octanol–water partition coefficient (Wildman–Crippen LogP) is 5.28. The Bertz CT molecular complexity index is 1070. The Balaban J connectivity index is 1.38. The quantitative estimate of drug-likeness (QED) is 0.322. The van der Waals surface area contributed by atoms with Crippen LogP contribution in [-0.2, 0) is 4.79 Å². The van der Waals surface area contributed by atoms with Crippen molar-refractivity contribution in [2.75, 3.05) is 13.1 Å². The van der Waals surface area contributed by atoms with Crippen molar-refractivity contribution in [1.29, 1.82) is 0 Å². The van der Waals surface area contributed by atoms with E-state index >= 15 is 0 Å². The molecule has 8 heteroatoms. The molecule has 2 heterocycles. The summed E-state index contributed by atoms with van der Waals surface area (Å²) < 4.78 is 1.20. The average molecular weight is 428 g/mol. The summed E-state index contributed by atoms with van der Waals surface area (Å²) in [4.78, 5) is 29.5. The number of nitro groups is 1. The van der Waals surface area contributed by atoms with Gasteiger partial charge in [0.05, 0.1) is 20.1 Å². The lowest BCUT2D eigenvalue weighted by Crippen LogP contribution is -2.36. The summed E-state index contributed by atoms with van der Waals surface area (Å²) in [5, 5.41) is 12.2. The molecular weight excluding hydrogens is 410 g/mol. The molecule has 1 amide bonds. The number of fused-ring (bicyclic) bond motifs is 1. The van der Waals surface area contributed by atoms with Crippen molar-refractivity contribution in [3.8, 4) is 0 Å². The maximum Gasteiger partial charge on any atom is 0.288 e. The van der Waals surface area contributed by atoms with Gasteiger partial charge in [-0.3, -0.25) is 14.9 Å². The number of nitro benzene ring substituents is 1. The molecule has 0 atom stereocenters. The van der Waals surface area contributed by atoms with Crippen molar-refractivity contribution in [2.24, 2.45) is 0 Å². The van der Waals surface area contributed by atoms with Gasteiger partial charge in [-0.25, -0.2) is 4.98 Å². The largest absolute Gasteiger partial charge is 0.339 e. The van der Waals surface area contributed by atoms with E-state index in [0.29, 0.717) is 24.6 Å². The molecule has 0 spiro atoms. The Morgan fingerprint density at radius 3 is 2.72 bits per heavy atom. The zero-order valence-corrected chi connectivity index (χ0v) is 17.0. The summed E-state index contributed by atoms with van der Waals surface area (Å²) in [5.41, 5.74) is 1.43. The van der Waals surface area contributed by atoms with Crippen LogP contribution in [0.5, 0.6) is 0 Å². The summed E-state index contributed by atoms with van der Waals surface area (Å²) in [6.07, 6.45) is 4.81. The third-order valence-electron chi connectivity index (χ3n) is 5.05. The van der Waals surface area contributed by atoms with Gasteiger partial charge in [0.25, 0.3) is 5.69 Å². The van der Waals surface area contributed by atoms with Crippen molar-refractivity contribution in [3.63, 3.8) is 0 Å². The van der Waals surface area contributed by atoms with E-state index in [4.69, 9.17) is 16.6 Å². The molecule has 0 radical (unpaired) electrons. The Hall–Kier alpha value is -2.77. The van der Waals surface area contributed by atoms with E-state index in [1.54, 1.807) is 23.5 Å². The van der Waals surface area contributed by atoms with Crippen LogP contribution in [0.3, 0.4) is 0 Å². The Morgan fingerprint density at radius 2 is 2.00 bits per heavy atom. The molecule has 0 bridgehead atoms. The highest BCUT2D eigenvalue weighted by Gasteiger charge is 2.25. The highest BCUT2D eigenvalue weighted by atomic mass is 35.5. The predicted molar refractivity (Wildman–Crippen MR) is 115 cm³/mol. The number of halogens is 1. The number of benzene rings is 2. The van der Waals surface area contributed by atoms with Gasteiger partial charge >= 0.3 is 0 Å². The van der Waals surface area contributed by atoms with E-state index in [-0.39, 0.29) is 16.6 Å². The normalized spacial score (nSPS) is 15.3. The van der Waals surface area contributed by atoms with Crippen LogP contribution in [0.15, 0.2) is 48.5 Å². The smallest absolute Gasteiger partial charge is 0.288 e. The minimum absolute atomic E-state index is 0.0791. The van der Waals surface area contributed by atoms with Crippen LogP contribution in [0.25, 0.3) is 16.3 Å². The fraction of sp³-hybridized carbons (Fsp3) is 0.238. The second-order valence-electron chi connectivity index (χ2n) is 6.92. The van der Waals surface area contributed by atoms with Crippen LogP contribution >= 0.6 is 22.9 Å². The van der Waals surface area contributed by atoms with Crippen LogP contribution in [0.4, 0.5) is 5.69 Å². The van der Waals surface area contributed by atoms with Gasteiger partial charge in [0.1, 0.15) is 5.02 Å². The van der Waals surface area contributed by atoms with Crippen molar-refractivity contribution < 1.29 is 9.72 Å². The van der Waals surface area contributed by atoms with Crippen LogP contribution in [0.2, 0.25) is 5.02 Å². The van der Waals surface area contributed by atoms with Gasteiger partial charge in [0.2, 0.25) is 5.91 Å². The highest BCUT2D eigenvalue weighted by Crippen LogP contribution is 2.34. The number of amides is 1. The van der Waals surface area contributed by atoms with Gasteiger partial charge < -0.3 is 4.90 Å². The topological polar surface area (TPSA) is 76.3 Å². The molecule has 0 unspecified atom stereocenters. The van der Waals surface area contributed by atoms with Gasteiger partial charge in [-0.1, -0.05) is 29.8 Å². The first-order valence-corrected chi connectivity index (χ1v) is 10.5. The van der Waals surface area contributed by atoms with Gasteiger partial charge in [-0.2, -0.15) is 0 Å². The number of para-hydroxylation sites is 1. The Kier molecular flexibility index (Phi) is 5.60. The summed E-state index contributed by atoms with van der Waals surface area (Å²) >= 11 is 7.55. The van der Waals surface area contributed by atoms with Crippen LogP contribution in [-0.4, -0.2) is 33.8 Å². The minimum atomic E-state index is -0.533. The lowest BCUT2D eigenvalue weighted by atomic mass is 9.97. The van der Waals surface area contributed by atoms with E-state index in [1.807, 2.05) is 23.1 Å². The number of piperidine rings is 1. The number of hydrogen-bond donors (Lipinski definition) is 0. The number of rotatable bonds is 4. The second-order valence-corrected chi connectivity index (χ2v) is 8.39. The van der Waals surface area contributed by atoms with Crippen molar-refractivity contribution in [3.05, 3.63) is 74.2 Å². The fourth-order valence-corrected chi connectivity index (χ4v) is 4.78.